The van der Waals surface area contributed by atoms with E-state index in [1.807, 2.05) is 42.6 Å². The number of hydrogen-bond acceptors (Lipinski definition) is 4. The molecule has 1 aromatic heterocycles. The van der Waals surface area contributed by atoms with Crippen LogP contribution in [0.2, 0.25) is 0 Å². The molecule has 0 radical (unpaired) electrons. The predicted molar refractivity (Wildman–Crippen MR) is 208 cm³/mol. The third kappa shape index (κ3) is 6.27. The molecule has 8 aromatic rings. The van der Waals surface area contributed by atoms with Crippen LogP contribution in [0.15, 0.2) is 170 Å². The molecule has 0 bridgehead atoms. The summed E-state index contributed by atoms with van der Waals surface area (Å²) < 4.78 is 6.40. The van der Waals surface area contributed by atoms with E-state index >= 15 is 0 Å². The number of hydrogen-bond donors (Lipinski definition) is 0. The number of fused-ring (bicyclic) bond motifs is 3. The van der Waals surface area contributed by atoms with E-state index in [9.17, 15) is 0 Å². The van der Waals surface area contributed by atoms with Crippen LogP contribution in [0.25, 0.3) is 44.3 Å². The predicted octanol–water partition coefficient (Wildman–Crippen LogP) is 12.3. The summed E-state index contributed by atoms with van der Waals surface area (Å²) in [6.07, 6.45) is 1.82. The van der Waals surface area contributed by atoms with Crippen LogP contribution < -0.4 is 14.5 Å². The first kappa shape index (κ1) is 33.2. The van der Waals surface area contributed by atoms with Crippen LogP contribution in [0.5, 0.6) is 11.5 Å². The Morgan fingerprint density at radius 2 is 1.23 bits per heavy atom. The van der Waals surface area contributed by atoms with Gasteiger partial charge in [-0.1, -0.05) is 127 Å². The van der Waals surface area contributed by atoms with E-state index in [0.717, 1.165) is 61.8 Å². The molecular formula is C47H32N3OPt-3. The molecule has 0 saturated heterocycles. The molecule has 7 aromatic carbocycles. The number of benzene rings is 7. The summed E-state index contributed by atoms with van der Waals surface area (Å²) in [5, 5.41) is 2.34. The number of ether oxygens (including phenoxy) is 1. The van der Waals surface area contributed by atoms with E-state index in [1.54, 1.807) is 0 Å². The van der Waals surface area contributed by atoms with Crippen molar-refractivity contribution in [2.24, 2.45) is 0 Å². The van der Waals surface area contributed by atoms with Crippen LogP contribution in [0.1, 0.15) is 5.56 Å². The van der Waals surface area contributed by atoms with Crippen molar-refractivity contribution in [2.75, 3.05) is 9.80 Å². The molecule has 0 aliphatic carbocycles. The van der Waals surface area contributed by atoms with Crippen LogP contribution in [0.3, 0.4) is 0 Å². The third-order valence-corrected chi connectivity index (χ3v) is 9.25. The van der Waals surface area contributed by atoms with Crippen molar-refractivity contribution in [3.05, 3.63) is 194 Å². The SMILES string of the molecule is Cc1ccnc(-c2[c-]c(Oc3[c-]c(N4[CH-]N(c5c(-c6ccccc6)cccc5-c5ccccc5)c5c4ccc4ccccc54)ccc3)ccc2)c1.[Pt]. The van der Waals surface area contributed by atoms with Crippen LogP contribution in [-0.2, 0) is 21.1 Å². The van der Waals surface area contributed by atoms with E-state index < -0.39 is 0 Å². The summed E-state index contributed by atoms with van der Waals surface area (Å²) in [5.41, 5.74) is 11.6. The van der Waals surface area contributed by atoms with E-state index in [0.29, 0.717) is 11.5 Å². The third-order valence-electron chi connectivity index (χ3n) is 9.25. The molecule has 1 aliphatic rings. The Labute approximate surface area is 318 Å². The van der Waals surface area contributed by atoms with E-state index in [1.165, 1.54) is 10.8 Å². The molecule has 4 nitrogen and oxygen atoms in total. The van der Waals surface area contributed by atoms with Gasteiger partial charge < -0.3 is 19.5 Å². The molecule has 0 atom stereocenters. The number of para-hydroxylation sites is 1. The second-order valence-corrected chi connectivity index (χ2v) is 12.6. The standard InChI is InChI=1S/C47H32N3O.Pt/c1-33-27-28-48-44(29-33)37-18-10-20-39(30-37)51-40-21-11-19-38(31-40)49-32-50(47-43-22-9-8-17-36(43)25-26-45(47)49)46-41(34-13-4-2-5-14-34)23-12-24-42(46)35-15-6-3-7-16-35;/h2-29,32H,1H3;/q-3;. The van der Waals surface area contributed by atoms with Gasteiger partial charge in [-0.2, -0.15) is 6.07 Å². The number of aryl methyl sites for hydroxylation is 1. The summed E-state index contributed by atoms with van der Waals surface area (Å²) in [4.78, 5) is 9.11. The van der Waals surface area contributed by atoms with Gasteiger partial charge in [0.05, 0.1) is 0 Å². The molecule has 2 heterocycles. The van der Waals surface area contributed by atoms with Gasteiger partial charge in [0.1, 0.15) is 0 Å². The van der Waals surface area contributed by atoms with Crippen molar-refractivity contribution in [2.45, 2.75) is 6.92 Å². The monoisotopic (exact) mass is 849 g/mol. The molecule has 52 heavy (non-hydrogen) atoms. The van der Waals surface area contributed by atoms with E-state index in [4.69, 9.17) is 4.74 Å². The fourth-order valence-electron chi connectivity index (χ4n) is 6.89. The van der Waals surface area contributed by atoms with Gasteiger partial charge in [-0.25, -0.2) is 0 Å². The molecule has 1 aliphatic heterocycles. The summed E-state index contributed by atoms with van der Waals surface area (Å²) >= 11 is 0. The molecule has 0 fully saturated rings. The number of anilines is 4. The second-order valence-electron chi connectivity index (χ2n) is 12.6. The minimum atomic E-state index is 0. The van der Waals surface area contributed by atoms with Gasteiger partial charge in [0.25, 0.3) is 0 Å². The molecule has 254 valence electrons. The first-order valence-corrected chi connectivity index (χ1v) is 17.0. The van der Waals surface area contributed by atoms with Crippen LogP contribution in [0, 0.1) is 25.7 Å². The molecule has 0 spiro atoms. The molecular weight excluding hydrogens is 818 g/mol. The molecule has 0 saturated carbocycles. The van der Waals surface area contributed by atoms with Gasteiger partial charge in [0.15, 0.2) is 0 Å². The summed E-state index contributed by atoms with van der Waals surface area (Å²) in [5.74, 6) is 1.20. The number of pyridine rings is 1. The minimum absolute atomic E-state index is 0. The van der Waals surface area contributed by atoms with Crippen molar-refractivity contribution in [1.29, 1.82) is 0 Å². The minimum Gasteiger partial charge on any atom is -0.503 e. The number of nitrogens with zero attached hydrogens (tertiary/aromatic N) is 3. The van der Waals surface area contributed by atoms with Crippen molar-refractivity contribution in [3.63, 3.8) is 0 Å². The second kappa shape index (κ2) is 14.3. The smallest absolute Gasteiger partial charge is 0.0424 e. The topological polar surface area (TPSA) is 28.6 Å². The van der Waals surface area contributed by atoms with Gasteiger partial charge in [-0.15, -0.1) is 54.3 Å². The Balaban J connectivity index is 0.00000387. The van der Waals surface area contributed by atoms with Gasteiger partial charge in [-0.3, -0.25) is 0 Å². The fourth-order valence-corrected chi connectivity index (χ4v) is 6.89. The van der Waals surface area contributed by atoms with E-state index in [2.05, 4.69) is 168 Å². The van der Waals surface area contributed by atoms with Crippen LogP contribution in [0.4, 0.5) is 22.7 Å². The summed E-state index contributed by atoms with van der Waals surface area (Å²) in [6, 6.07) is 63.7. The molecule has 0 unspecified atom stereocenters. The maximum Gasteiger partial charge on any atom is 0.0424 e. The van der Waals surface area contributed by atoms with Crippen LogP contribution in [-0.4, -0.2) is 4.98 Å². The van der Waals surface area contributed by atoms with Gasteiger partial charge in [0, 0.05) is 72.3 Å². The van der Waals surface area contributed by atoms with Gasteiger partial charge in [-0.05, 0) is 41.3 Å². The summed E-state index contributed by atoms with van der Waals surface area (Å²) in [7, 11) is 0. The first-order valence-electron chi connectivity index (χ1n) is 17.0. The quantitative estimate of drug-likeness (QED) is 0.149. The zero-order valence-electron chi connectivity index (χ0n) is 28.3. The zero-order chi connectivity index (χ0) is 34.1. The Bertz CT molecular complexity index is 2460. The molecule has 0 amide bonds. The van der Waals surface area contributed by atoms with Gasteiger partial charge >= 0.3 is 0 Å². The molecule has 5 heteroatoms. The van der Waals surface area contributed by atoms with Crippen molar-refractivity contribution in [1.82, 2.24) is 4.98 Å². The number of aromatic nitrogens is 1. The van der Waals surface area contributed by atoms with Crippen molar-refractivity contribution in [3.8, 4) is 45.0 Å². The fraction of sp³-hybridized carbons (Fsp3) is 0.0213. The van der Waals surface area contributed by atoms with Crippen molar-refractivity contribution >= 4 is 33.5 Å². The maximum absolute atomic E-state index is 6.40. The van der Waals surface area contributed by atoms with E-state index in [-0.39, 0.29) is 21.1 Å². The molecule has 9 rings (SSSR count). The van der Waals surface area contributed by atoms with Gasteiger partial charge in [0.2, 0.25) is 0 Å². The average Bonchev–Trinajstić information content (AvgIpc) is 3.59. The number of rotatable bonds is 7. The molecule has 0 N–H and O–H groups in total. The largest absolute Gasteiger partial charge is 0.503 e. The van der Waals surface area contributed by atoms with Crippen LogP contribution >= 0.6 is 0 Å². The Hall–Kier alpha value is -5.96. The Morgan fingerprint density at radius 1 is 0.577 bits per heavy atom. The maximum atomic E-state index is 6.40. The van der Waals surface area contributed by atoms with Crippen molar-refractivity contribution < 1.29 is 25.8 Å². The first-order chi connectivity index (χ1) is 25.2. The summed E-state index contributed by atoms with van der Waals surface area (Å²) in [6.45, 7) is 4.25. The normalized spacial score (nSPS) is 12.0. The average molecular weight is 850 g/mol. The zero-order valence-corrected chi connectivity index (χ0v) is 30.6. The Kier molecular flexibility index (Phi) is 9.16. The Morgan fingerprint density at radius 3 is 1.96 bits per heavy atom.